The lowest BCUT2D eigenvalue weighted by molar-refractivity contribution is -0.118. The van der Waals surface area contributed by atoms with Crippen LogP contribution < -0.4 is 5.32 Å². The van der Waals surface area contributed by atoms with Crippen LogP contribution in [0.1, 0.15) is 46.1 Å². The van der Waals surface area contributed by atoms with Crippen LogP contribution >= 0.6 is 0 Å². The van der Waals surface area contributed by atoms with E-state index >= 15 is 0 Å². The van der Waals surface area contributed by atoms with Gasteiger partial charge in [0, 0.05) is 12.6 Å². The molecule has 1 atom stereocenters. The molecule has 0 amide bonds. The minimum absolute atomic E-state index is 0.0656. The molecule has 1 aromatic carbocycles. The summed E-state index contributed by atoms with van der Waals surface area (Å²) in [6.45, 7) is 9.80. The van der Waals surface area contributed by atoms with Crippen LogP contribution in [-0.4, -0.2) is 18.4 Å². The molecule has 0 aromatic heterocycles. The molecule has 108 valence electrons. The predicted molar refractivity (Wildman–Crippen MR) is 74.3 cm³/mol. The molecule has 0 fully saturated rings. The lowest BCUT2D eigenvalue weighted by Crippen LogP contribution is -2.30. The Labute approximate surface area is 114 Å². The first-order chi connectivity index (χ1) is 8.91. The molecule has 0 saturated carbocycles. The monoisotopic (exact) mass is 271 g/mol. The van der Waals surface area contributed by atoms with E-state index in [1.807, 2.05) is 27.7 Å². The molecule has 19 heavy (non-hydrogen) atoms. The predicted octanol–water partition coefficient (Wildman–Crippen LogP) is 3.66. The SMILES string of the molecule is CC.CC(=O)C(CNC(C)C)c1ccc(F)c(F)c1. The fourth-order valence-corrected chi connectivity index (χ4v) is 1.58. The molecular formula is C15H23F2NO. The number of Topliss-reactive ketones (excluding diaryl/α,β-unsaturated/α-hetero) is 1. The van der Waals surface area contributed by atoms with Gasteiger partial charge < -0.3 is 5.32 Å². The smallest absolute Gasteiger partial charge is 0.159 e. The topological polar surface area (TPSA) is 29.1 Å². The van der Waals surface area contributed by atoms with Gasteiger partial charge in [0.2, 0.25) is 0 Å². The molecule has 1 aromatic rings. The summed E-state index contributed by atoms with van der Waals surface area (Å²) < 4.78 is 25.9. The number of halogens is 2. The van der Waals surface area contributed by atoms with E-state index in [-0.39, 0.29) is 11.8 Å². The number of ketones is 1. The maximum Gasteiger partial charge on any atom is 0.159 e. The van der Waals surface area contributed by atoms with Gasteiger partial charge >= 0.3 is 0 Å². The van der Waals surface area contributed by atoms with Gasteiger partial charge in [0.15, 0.2) is 11.6 Å². The van der Waals surface area contributed by atoms with Crippen molar-refractivity contribution in [3.63, 3.8) is 0 Å². The Kier molecular flexibility index (Phi) is 8.16. The number of carbonyl (C=O) groups excluding carboxylic acids is 1. The molecule has 0 radical (unpaired) electrons. The number of rotatable bonds is 5. The summed E-state index contributed by atoms with van der Waals surface area (Å²) in [7, 11) is 0. The number of hydrogen-bond donors (Lipinski definition) is 1. The van der Waals surface area contributed by atoms with Crippen molar-refractivity contribution in [3.8, 4) is 0 Å². The van der Waals surface area contributed by atoms with E-state index in [2.05, 4.69) is 5.32 Å². The highest BCUT2D eigenvalue weighted by Crippen LogP contribution is 2.19. The summed E-state index contributed by atoms with van der Waals surface area (Å²) in [4.78, 5) is 11.5. The molecule has 1 rings (SSSR count). The van der Waals surface area contributed by atoms with Gasteiger partial charge in [-0.25, -0.2) is 8.78 Å². The molecule has 0 saturated heterocycles. The lowest BCUT2D eigenvalue weighted by Gasteiger charge is -2.17. The van der Waals surface area contributed by atoms with Crippen LogP contribution in [0.25, 0.3) is 0 Å². The Hall–Kier alpha value is -1.29. The second kappa shape index (κ2) is 8.75. The van der Waals surface area contributed by atoms with Crippen LogP contribution in [0.15, 0.2) is 18.2 Å². The molecule has 0 aliphatic rings. The van der Waals surface area contributed by atoms with Crippen LogP contribution in [0.4, 0.5) is 8.78 Å². The Bertz CT molecular complexity index is 405. The van der Waals surface area contributed by atoms with Gasteiger partial charge in [0.05, 0.1) is 5.92 Å². The number of carbonyl (C=O) groups is 1. The molecule has 4 heteroatoms. The van der Waals surface area contributed by atoms with Crippen LogP contribution in [0.2, 0.25) is 0 Å². The van der Waals surface area contributed by atoms with Crippen molar-refractivity contribution in [1.29, 1.82) is 0 Å². The van der Waals surface area contributed by atoms with Crippen LogP contribution in [-0.2, 0) is 4.79 Å². The average molecular weight is 271 g/mol. The highest BCUT2D eigenvalue weighted by molar-refractivity contribution is 5.83. The summed E-state index contributed by atoms with van der Waals surface area (Å²) in [5, 5.41) is 3.12. The number of benzene rings is 1. The van der Waals surface area contributed by atoms with Crippen molar-refractivity contribution < 1.29 is 13.6 Å². The zero-order valence-electron chi connectivity index (χ0n) is 12.3. The fraction of sp³-hybridized carbons (Fsp3) is 0.533. The quantitative estimate of drug-likeness (QED) is 0.885. The molecule has 1 unspecified atom stereocenters. The van der Waals surface area contributed by atoms with Crippen LogP contribution in [0, 0.1) is 11.6 Å². The first-order valence-corrected chi connectivity index (χ1v) is 6.60. The third kappa shape index (κ3) is 5.92. The zero-order valence-corrected chi connectivity index (χ0v) is 12.3. The minimum Gasteiger partial charge on any atom is -0.313 e. The van der Waals surface area contributed by atoms with Crippen LogP contribution in [0.3, 0.4) is 0 Å². The van der Waals surface area contributed by atoms with Crippen molar-refractivity contribution in [2.75, 3.05) is 6.54 Å². The average Bonchev–Trinajstić information content (AvgIpc) is 2.35. The van der Waals surface area contributed by atoms with Gasteiger partial charge in [-0.3, -0.25) is 4.79 Å². The van der Waals surface area contributed by atoms with Crippen molar-refractivity contribution in [3.05, 3.63) is 35.4 Å². The summed E-state index contributed by atoms with van der Waals surface area (Å²) in [5.74, 6) is -2.32. The standard InChI is InChI=1S/C13H17F2NO.C2H6/c1-8(2)16-7-11(9(3)17)10-4-5-12(14)13(15)6-10;1-2/h4-6,8,11,16H,7H2,1-3H3;1-2H3. The maximum absolute atomic E-state index is 13.1. The van der Waals surface area contributed by atoms with Gasteiger partial charge in [-0.05, 0) is 24.6 Å². The second-order valence-corrected chi connectivity index (χ2v) is 4.40. The maximum atomic E-state index is 13.1. The Morgan fingerprint density at radius 1 is 1.21 bits per heavy atom. The van der Waals surface area contributed by atoms with E-state index in [9.17, 15) is 13.6 Å². The molecular weight excluding hydrogens is 248 g/mol. The van der Waals surface area contributed by atoms with Crippen molar-refractivity contribution >= 4 is 5.78 Å². The van der Waals surface area contributed by atoms with E-state index in [0.717, 1.165) is 12.1 Å². The summed E-state index contributed by atoms with van der Waals surface area (Å²) in [5.41, 5.74) is 0.504. The van der Waals surface area contributed by atoms with Gasteiger partial charge in [0.1, 0.15) is 5.78 Å². The Balaban J connectivity index is 0.00000154. The van der Waals surface area contributed by atoms with E-state index in [4.69, 9.17) is 0 Å². The number of hydrogen-bond acceptors (Lipinski definition) is 2. The van der Waals surface area contributed by atoms with E-state index in [1.165, 1.54) is 13.0 Å². The van der Waals surface area contributed by atoms with Crippen molar-refractivity contribution in [2.24, 2.45) is 0 Å². The molecule has 0 spiro atoms. The van der Waals surface area contributed by atoms with Crippen molar-refractivity contribution in [2.45, 2.75) is 46.6 Å². The van der Waals surface area contributed by atoms with E-state index < -0.39 is 17.6 Å². The first kappa shape index (κ1) is 17.7. The molecule has 2 nitrogen and oxygen atoms in total. The Morgan fingerprint density at radius 2 is 1.79 bits per heavy atom. The third-order valence-corrected chi connectivity index (χ3v) is 2.57. The normalized spacial score (nSPS) is 11.8. The summed E-state index contributed by atoms with van der Waals surface area (Å²) in [6, 6.07) is 3.83. The van der Waals surface area contributed by atoms with Gasteiger partial charge in [0.25, 0.3) is 0 Å². The summed E-state index contributed by atoms with van der Waals surface area (Å²) in [6.07, 6.45) is 0. The minimum atomic E-state index is -0.918. The first-order valence-electron chi connectivity index (χ1n) is 6.60. The highest BCUT2D eigenvalue weighted by atomic mass is 19.2. The summed E-state index contributed by atoms with van der Waals surface area (Å²) >= 11 is 0. The molecule has 0 bridgehead atoms. The highest BCUT2D eigenvalue weighted by Gasteiger charge is 2.18. The number of nitrogens with one attached hydrogen (secondary N) is 1. The molecule has 0 heterocycles. The Morgan fingerprint density at radius 3 is 2.21 bits per heavy atom. The third-order valence-electron chi connectivity index (χ3n) is 2.57. The van der Waals surface area contributed by atoms with Gasteiger partial charge in [-0.2, -0.15) is 0 Å². The van der Waals surface area contributed by atoms with E-state index in [0.29, 0.717) is 12.1 Å². The van der Waals surface area contributed by atoms with Crippen molar-refractivity contribution in [1.82, 2.24) is 5.32 Å². The van der Waals surface area contributed by atoms with Gasteiger partial charge in [-0.15, -0.1) is 0 Å². The largest absolute Gasteiger partial charge is 0.313 e. The molecule has 0 aliphatic carbocycles. The van der Waals surface area contributed by atoms with E-state index in [1.54, 1.807) is 0 Å². The second-order valence-electron chi connectivity index (χ2n) is 4.40. The zero-order chi connectivity index (χ0) is 15.0. The van der Waals surface area contributed by atoms with Gasteiger partial charge in [-0.1, -0.05) is 33.8 Å². The molecule has 1 N–H and O–H groups in total. The lowest BCUT2D eigenvalue weighted by atomic mass is 9.95. The molecule has 0 aliphatic heterocycles. The van der Waals surface area contributed by atoms with Crippen LogP contribution in [0.5, 0.6) is 0 Å². The fourth-order valence-electron chi connectivity index (χ4n) is 1.58.